The van der Waals surface area contributed by atoms with Crippen molar-refractivity contribution in [2.75, 3.05) is 26.5 Å². The van der Waals surface area contributed by atoms with Gasteiger partial charge in [-0.1, -0.05) is 0 Å². The van der Waals surface area contributed by atoms with Gasteiger partial charge in [0.25, 0.3) is 0 Å². The molecule has 1 atom stereocenters. The van der Waals surface area contributed by atoms with Gasteiger partial charge in [-0.05, 0) is 19.4 Å². The number of hydrogen-bond donors (Lipinski definition) is 1. The molecule has 58 valence electrons. The Balaban J connectivity index is 1.98. The molecule has 1 N–H and O–H groups in total. The highest BCUT2D eigenvalue weighted by Crippen LogP contribution is 2.25. The minimum absolute atomic E-state index is 0.0399. The van der Waals surface area contributed by atoms with Crippen molar-refractivity contribution in [1.29, 1.82) is 0 Å². The van der Waals surface area contributed by atoms with Crippen LogP contribution in [-0.4, -0.2) is 32.1 Å². The average Bonchev–Trinajstić information content (AvgIpc) is 2.39. The number of rotatable bonds is 0. The molecular formula is C7H13NO2. The highest BCUT2D eigenvalue weighted by molar-refractivity contribution is 4.88. The number of ether oxygens (including phenoxy) is 2. The molecule has 2 aliphatic heterocycles. The van der Waals surface area contributed by atoms with Gasteiger partial charge in [-0.15, -0.1) is 0 Å². The normalized spacial score (nSPS) is 40.8. The summed E-state index contributed by atoms with van der Waals surface area (Å²) in [7, 11) is 0. The third kappa shape index (κ3) is 1.05. The van der Waals surface area contributed by atoms with E-state index in [2.05, 4.69) is 5.32 Å². The van der Waals surface area contributed by atoms with Crippen LogP contribution in [0.15, 0.2) is 0 Å². The van der Waals surface area contributed by atoms with Gasteiger partial charge in [-0.3, -0.25) is 0 Å². The zero-order valence-corrected chi connectivity index (χ0v) is 6.06. The molecular weight excluding hydrogens is 130 g/mol. The van der Waals surface area contributed by atoms with Crippen LogP contribution in [0.25, 0.3) is 0 Å². The van der Waals surface area contributed by atoms with Crippen molar-refractivity contribution in [1.82, 2.24) is 5.32 Å². The van der Waals surface area contributed by atoms with Crippen LogP contribution < -0.4 is 5.32 Å². The molecule has 0 bridgehead atoms. The van der Waals surface area contributed by atoms with E-state index in [4.69, 9.17) is 9.47 Å². The highest BCUT2D eigenvalue weighted by Gasteiger charge is 2.37. The van der Waals surface area contributed by atoms with E-state index < -0.39 is 0 Å². The number of nitrogens with one attached hydrogen (secondary N) is 1. The van der Waals surface area contributed by atoms with E-state index in [1.807, 2.05) is 0 Å². The maximum absolute atomic E-state index is 5.50. The molecule has 0 aromatic carbocycles. The van der Waals surface area contributed by atoms with E-state index in [0.717, 1.165) is 26.1 Å². The Hall–Kier alpha value is -0.120. The van der Waals surface area contributed by atoms with Crippen LogP contribution in [0.5, 0.6) is 0 Å². The Morgan fingerprint density at radius 3 is 3.00 bits per heavy atom. The summed E-state index contributed by atoms with van der Waals surface area (Å²) in [6.07, 6.45) is 2.36. The van der Waals surface area contributed by atoms with Crippen molar-refractivity contribution in [3.05, 3.63) is 0 Å². The Morgan fingerprint density at radius 2 is 2.40 bits per heavy atom. The molecule has 0 saturated carbocycles. The van der Waals surface area contributed by atoms with Gasteiger partial charge in [-0.25, -0.2) is 0 Å². The molecule has 2 heterocycles. The lowest BCUT2D eigenvalue weighted by Crippen LogP contribution is -2.47. The summed E-state index contributed by atoms with van der Waals surface area (Å²) < 4.78 is 10.7. The molecule has 0 aliphatic carbocycles. The lowest BCUT2D eigenvalue weighted by molar-refractivity contribution is -0.0211. The van der Waals surface area contributed by atoms with Crippen molar-refractivity contribution < 1.29 is 9.47 Å². The Bertz CT molecular complexity index is 113. The second-order valence-electron chi connectivity index (χ2n) is 3.07. The maximum Gasteiger partial charge on any atom is 0.147 e. The first-order chi connectivity index (χ1) is 4.91. The fraction of sp³-hybridized carbons (Fsp3) is 1.00. The monoisotopic (exact) mass is 143 g/mol. The van der Waals surface area contributed by atoms with Gasteiger partial charge in [0.05, 0.1) is 6.61 Å². The summed E-state index contributed by atoms with van der Waals surface area (Å²) in [6.45, 7) is 3.36. The summed E-state index contributed by atoms with van der Waals surface area (Å²) >= 11 is 0. The summed E-state index contributed by atoms with van der Waals surface area (Å²) in [6, 6.07) is 0. The van der Waals surface area contributed by atoms with Gasteiger partial charge in [0.15, 0.2) is 0 Å². The molecule has 1 unspecified atom stereocenters. The Morgan fingerprint density at radius 1 is 1.40 bits per heavy atom. The van der Waals surface area contributed by atoms with Crippen molar-refractivity contribution in [3.63, 3.8) is 0 Å². The molecule has 0 aromatic rings. The molecule has 3 nitrogen and oxygen atoms in total. The molecule has 3 heteroatoms. The highest BCUT2D eigenvalue weighted by atomic mass is 16.7. The molecule has 2 saturated heterocycles. The van der Waals surface area contributed by atoms with E-state index in [-0.39, 0.29) is 5.60 Å². The minimum atomic E-state index is 0.0399. The van der Waals surface area contributed by atoms with E-state index in [1.165, 1.54) is 6.42 Å². The molecule has 2 fully saturated rings. The van der Waals surface area contributed by atoms with Gasteiger partial charge in [0, 0.05) is 6.54 Å². The maximum atomic E-state index is 5.50. The van der Waals surface area contributed by atoms with Crippen molar-refractivity contribution in [2.45, 2.75) is 18.4 Å². The molecule has 0 aromatic heterocycles. The fourth-order valence-electron chi connectivity index (χ4n) is 1.62. The predicted octanol–water partition coefficient (Wildman–Crippen LogP) is 0.113. The molecule has 1 spiro atoms. The first-order valence-corrected chi connectivity index (χ1v) is 3.84. The predicted molar refractivity (Wildman–Crippen MR) is 36.7 cm³/mol. The van der Waals surface area contributed by atoms with Gasteiger partial charge in [0.2, 0.25) is 0 Å². The zero-order valence-electron chi connectivity index (χ0n) is 6.06. The summed E-state index contributed by atoms with van der Waals surface area (Å²) in [5.41, 5.74) is 0.0399. The van der Waals surface area contributed by atoms with Gasteiger partial charge < -0.3 is 14.8 Å². The van der Waals surface area contributed by atoms with Crippen molar-refractivity contribution in [2.24, 2.45) is 0 Å². The number of hydrogen-bond acceptors (Lipinski definition) is 3. The zero-order chi connectivity index (χ0) is 6.86. The fourth-order valence-corrected chi connectivity index (χ4v) is 1.62. The largest absolute Gasteiger partial charge is 0.352 e. The van der Waals surface area contributed by atoms with Crippen LogP contribution in [0.4, 0.5) is 0 Å². The van der Waals surface area contributed by atoms with Gasteiger partial charge in [-0.2, -0.15) is 0 Å². The smallest absolute Gasteiger partial charge is 0.147 e. The quantitative estimate of drug-likeness (QED) is 0.522. The molecule has 10 heavy (non-hydrogen) atoms. The van der Waals surface area contributed by atoms with Crippen LogP contribution >= 0.6 is 0 Å². The lowest BCUT2D eigenvalue weighted by atomic mass is 9.95. The SMILES string of the molecule is C1CNCC2(C1)COCO2. The molecule has 0 amide bonds. The van der Waals surface area contributed by atoms with Gasteiger partial charge in [0.1, 0.15) is 12.4 Å². The van der Waals surface area contributed by atoms with Crippen LogP contribution in [-0.2, 0) is 9.47 Å². The second kappa shape index (κ2) is 2.49. The first-order valence-electron chi connectivity index (χ1n) is 3.84. The van der Waals surface area contributed by atoms with E-state index >= 15 is 0 Å². The first kappa shape index (κ1) is 6.58. The Kier molecular flexibility index (Phi) is 1.64. The second-order valence-corrected chi connectivity index (χ2v) is 3.07. The average molecular weight is 143 g/mol. The van der Waals surface area contributed by atoms with E-state index in [9.17, 15) is 0 Å². The van der Waals surface area contributed by atoms with Crippen LogP contribution in [0.2, 0.25) is 0 Å². The minimum Gasteiger partial charge on any atom is -0.352 e. The molecule has 2 aliphatic rings. The third-order valence-corrected chi connectivity index (χ3v) is 2.25. The van der Waals surface area contributed by atoms with Crippen molar-refractivity contribution in [3.8, 4) is 0 Å². The summed E-state index contributed by atoms with van der Waals surface area (Å²) in [5.74, 6) is 0. The van der Waals surface area contributed by atoms with Gasteiger partial charge >= 0.3 is 0 Å². The number of piperidine rings is 1. The van der Waals surface area contributed by atoms with Crippen molar-refractivity contribution >= 4 is 0 Å². The Labute approximate surface area is 60.7 Å². The third-order valence-electron chi connectivity index (χ3n) is 2.25. The van der Waals surface area contributed by atoms with E-state index in [1.54, 1.807) is 0 Å². The summed E-state index contributed by atoms with van der Waals surface area (Å²) in [5, 5.41) is 3.31. The van der Waals surface area contributed by atoms with E-state index in [0.29, 0.717) is 6.79 Å². The molecule has 2 rings (SSSR count). The van der Waals surface area contributed by atoms with Crippen LogP contribution in [0.1, 0.15) is 12.8 Å². The lowest BCUT2D eigenvalue weighted by Gasteiger charge is -2.30. The van der Waals surface area contributed by atoms with Crippen LogP contribution in [0, 0.1) is 0 Å². The summed E-state index contributed by atoms with van der Waals surface area (Å²) in [4.78, 5) is 0. The molecule has 0 radical (unpaired) electrons. The topological polar surface area (TPSA) is 30.5 Å². The standard InChI is InChI=1S/C7H13NO2/c1-2-7(4-8-3-1)5-9-6-10-7/h8H,1-6H2. The van der Waals surface area contributed by atoms with Crippen LogP contribution in [0.3, 0.4) is 0 Å².